The second-order valence-electron chi connectivity index (χ2n) is 7.78. The Kier molecular flexibility index (Phi) is 7.69. The molecule has 0 saturated carbocycles. The van der Waals surface area contributed by atoms with Crippen LogP contribution in [0.1, 0.15) is 24.8 Å². The van der Waals surface area contributed by atoms with Crippen molar-refractivity contribution in [3.8, 4) is 0 Å². The van der Waals surface area contributed by atoms with Gasteiger partial charge in [-0.3, -0.25) is 4.90 Å². The number of nitrogens with one attached hydrogen (secondary N) is 1. The van der Waals surface area contributed by atoms with Gasteiger partial charge in [-0.2, -0.15) is 0 Å². The third kappa shape index (κ3) is 6.73. The topological polar surface area (TPSA) is 96.0 Å². The largest absolute Gasteiger partial charge is 0.381 e. The molecule has 3 rings (SSSR count). The molecule has 1 aromatic carbocycles. The molecule has 164 valence electrons. The maximum absolute atomic E-state index is 12.4. The van der Waals surface area contributed by atoms with Crippen LogP contribution in [0.5, 0.6) is 0 Å². The number of hydrogen-bond donors (Lipinski definition) is 1. The predicted octanol–water partition coefficient (Wildman–Crippen LogP) is 0.621. The van der Waals surface area contributed by atoms with Crippen molar-refractivity contribution >= 4 is 20.0 Å². The zero-order chi connectivity index (χ0) is 20.9. The predicted molar refractivity (Wildman–Crippen MR) is 112 cm³/mol. The van der Waals surface area contributed by atoms with Gasteiger partial charge in [0.2, 0.25) is 20.0 Å². The van der Waals surface area contributed by atoms with E-state index in [4.69, 9.17) is 4.74 Å². The van der Waals surface area contributed by atoms with Gasteiger partial charge in [0, 0.05) is 51.5 Å². The highest BCUT2D eigenvalue weighted by atomic mass is 32.2. The molecule has 0 aliphatic carbocycles. The smallest absolute Gasteiger partial charge is 0.215 e. The fourth-order valence-corrected chi connectivity index (χ4v) is 6.15. The van der Waals surface area contributed by atoms with Gasteiger partial charge in [-0.05, 0) is 24.8 Å². The summed E-state index contributed by atoms with van der Waals surface area (Å²) < 4.78 is 58.3. The number of benzene rings is 1. The minimum Gasteiger partial charge on any atom is -0.381 e. The van der Waals surface area contributed by atoms with E-state index in [1.165, 1.54) is 10.6 Å². The number of rotatable bonds is 9. The molecule has 0 radical (unpaired) electrons. The minimum atomic E-state index is -3.43. The first kappa shape index (κ1) is 22.6. The number of hydrogen-bond acceptors (Lipinski definition) is 6. The lowest BCUT2D eigenvalue weighted by atomic mass is 10.0. The third-order valence-electron chi connectivity index (χ3n) is 5.62. The van der Waals surface area contributed by atoms with Crippen LogP contribution in [0.25, 0.3) is 0 Å². The quantitative estimate of drug-likeness (QED) is 0.599. The van der Waals surface area contributed by atoms with E-state index in [2.05, 4.69) is 9.62 Å². The first-order valence-corrected chi connectivity index (χ1v) is 13.5. The van der Waals surface area contributed by atoms with Crippen LogP contribution >= 0.6 is 0 Å². The Morgan fingerprint density at radius 2 is 1.76 bits per heavy atom. The molecule has 0 amide bonds. The summed E-state index contributed by atoms with van der Waals surface area (Å²) in [5, 5.41) is 0. The average Bonchev–Trinajstić information content (AvgIpc) is 3.17. The van der Waals surface area contributed by atoms with Gasteiger partial charge in [0.25, 0.3) is 0 Å². The van der Waals surface area contributed by atoms with Crippen molar-refractivity contribution in [2.75, 3.05) is 45.6 Å². The van der Waals surface area contributed by atoms with Crippen molar-refractivity contribution in [2.24, 2.45) is 0 Å². The Labute approximate surface area is 174 Å². The summed E-state index contributed by atoms with van der Waals surface area (Å²) in [5.74, 6) is -0.0452. The van der Waals surface area contributed by atoms with E-state index in [1.807, 2.05) is 18.2 Å². The zero-order valence-electron chi connectivity index (χ0n) is 16.9. The first-order chi connectivity index (χ1) is 13.7. The second-order valence-corrected chi connectivity index (χ2v) is 11.6. The standard InChI is InChI=1S/C19H31N3O5S2/c1-28(23,24)21-11-7-19(15-21)22(18-8-13-27-14-9-18)12-10-20-29(25,26)16-17-5-3-2-4-6-17/h2-6,18-20H,7-16H2,1H3. The summed E-state index contributed by atoms with van der Waals surface area (Å²) in [6.07, 6.45) is 3.77. The van der Waals surface area contributed by atoms with Crippen LogP contribution in [0.2, 0.25) is 0 Å². The Bertz CT molecular complexity index is 855. The molecular weight excluding hydrogens is 414 g/mol. The Hall–Kier alpha value is -1.04. The average molecular weight is 446 g/mol. The van der Waals surface area contributed by atoms with Crippen molar-refractivity contribution in [1.82, 2.24) is 13.9 Å². The van der Waals surface area contributed by atoms with Crippen molar-refractivity contribution in [1.29, 1.82) is 0 Å². The van der Waals surface area contributed by atoms with Crippen LogP contribution < -0.4 is 4.72 Å². The Morgan fingerprint density at radius 1 is 1.07 bits per heavy atom. The van der Waals surface area contributed by atoms with Gasteiger partial charge in [0.1, 0.15) is 0 Å². The Balaban J connectivity index is 1.60. The van der Waals surface area contributed by atoms with E-state index in [0.29, 0.717) is 39.4 Å². The molecule has 2 heterocycles. The Morgan fingerprint density at radius 3 is 2.38 bits per heavy atom. The van der Waals surface area contributed by atoms with Crippen molar-refractivity contribution < 1.29 is 21.6 Å². The normalized spacial score (nSPS) is 22.3. The zero-order valence-corrected chi connectivity index (χ0v) is 18.5. The van der Waals surface area contributed by atoms with E-state index in [0.717, 1.165) is 24.8 Å². The number of sulfonamides is 2. The summed E-state index contributed by atoms with van der Waals surface area (Å²) in [4.78, 5) is 2.29. The van der Waals surface area contributed by atoms with E-state index < -0.39 is 20.0 Å². The molecule has 2 aliphatic heterocycles. The molecule has 10 heteroatoms. The van der Waals surface area contributed by atoms with Gasteiger partial charge in [0.15, 0.2) is 0 Å². The van der Waals surface area contributed by atoms with Gasteiger partial charge in [0.05, 0.1) is 12.0 Å². The van der Waals surface area contributed by atoms with Crippen LogP contribution in [0.4, 0.5) is 0 Å². The molecule has 29 heavy (non-hydrogen) atoms. The van der Waals surface area contributed by atoms with Crippen molar-refractivity contribution in [3.63, 3.8) is 0 Å². The monoisotopic (exact) mass is 445 g/mol. The molecule has 2 fully saturated rings. The lowest BCUT2D eigenvalue weighted by molar-refractivity contribution is 0.0200. The van der Waals surface area contributed by atoms with Crippen LogP contribution in [0.3, 0.4) is 0 Å². The molecule has 1 unspecified atom stereocenters. The fraction of sp³-hybridized carbons (Fsp3) is 0.684. The molecule has 8 nitrogen and oxygen atoms in total. The summed E-state index contributed by atoms with van der Waals surface area (Å²) in [6, 6.07) is 9.49. The lowest BCUT2D eigenvalue weighted by Crippen LogP contribution is -2.50. The summed E-state index contributed by atoms with van der Waals surface area (Å²) >= 11 is 0. The lowest BCUT2D eigenvalue weighted by Gasteiger charge is -2.38. The maximum atomic E-state index is 12.4. The molecule has 0 aromatic heterocycles. The van der Waals surface area contributed by atoms with Crippen molar-refractivity contribution in [2.45, 2.75) is 37.1 Å². The van der Waals surface area contributed by atoms with Crippen LogP contribution in [-0.2, 0) is 30.5 Å². The molecule has 1 atom stereocenters. The van der Waals surface area contributed by atoms with Crippen LogP contribution in [0.15, 0.2) is 30.3 Å². The summed E-state index contributed by atoms with van der Waals surface area (Å²) in [5.41, 5.74) is 0.751. The molecule has 1 N–H and O–H groups in total. The van der Waals surface area contributed by atoms with Gasteiger partial charge in [-0.25, -0.2) is 25.9 Å². The highest BCUT2D eigenvalue weighted by Gasteiger charge is 2.35. The highest BCUT2D eigenvalue weighted by molar-refractivity contribution is 7.88. The molecular formula is C19H31N3O5S2. The third-order valence-corrected chi connectivity index (χ3v) is 8.24. The molecule has 0 spiro atoms. The van der Waals surface area contributed by atoms with E-state index in [1.54, 1.807) is 12.1 Å². The highest BCUT2D eigenvalue weighted by Crippen LogP contribution is 2.24. The summed E-state index contributed by atoms with van der Waals surface area (Å²) in [7, 11) is -6.63. The first-order valence-electron chi connectivity index (χ1n) is 10.0. The van der Waals surface area contributed by atoms with E-state index in [-0.39, 0.29) is 17.8 Å². The molecule has 2 aliphatic rings. The van der Waals surface area contributed by atoms with Gasteiger partial charge in [-0.1, -0.05) is 30.3 Å². The molecule has 0 bridgehead atoms. The molecule has 1 aromatic rings. The van der Waals surface area contributed by atoms with Crippen molar-refractivity contribution in [3.05, 3.63) is 35.9 Å². The minimum absolute atomic E-state index is 0.0452. The summed E-state index contributed by atoms with van der Waals surface area (Å²) in [6.45, 7) is 3.21. The van der Waals surface area contributed by atoms with Gasteiger partial charge < -0.3 is 4.74 Å². The van der Waals surface area contributed by atoms with Crippen LogP contribution in [0, 0.1) is 0 Å². The van der Waals surface area contributed by atoms with E-state index in [9.17, 15) is 16.8 Å². The SMILES string of the molecule is CS(=O)(=O)N1CCC(N(CCNS(=O)(=O)Cc2ccccc2)C2CCOCC2)C1. The number of nitrogens with zero attached hydrogens (tertiary/aromatic N) is 2. The van der Waals surface area contributed by atoms with Gasteiger partial charge in [-0.15, -0.1) is 0 Å². The fourth-order valence-electron chi connectivity index (χ4n) is 4.14. The maximum Gasteiger partial charge on any atom is 0.215 e. The number of ether oxygens (including phenoxy) is 1. The second kappa shape index (κ2) is 9.84. The van der Waals surface area contributed by atoms with Gasteiger partial charge >= 0.3 is 0 Å². The van der Waals surface area contributed by atoms with Crippen LogP contribution in [-0.4, -0.2) is 83.8 Å². The molecule has 2 saturated heterocycles. The van der Waals surface area contributed by atoms with E-state index >= 15 is 0 Å².